The van der Waals surface area contributed by atoms with E-state index in [0.29, 0.717) is 22.7 Å². The molecular formula is C17H15F4N7. The van der Waals surface area contributed by atoms with E-state index in [1.807, 2.05) is 0 Å². The first-order chi connectivity index (χ1) is 13.2. The molecule has 0 saturated carbocycles. The normalized spacial score (nSPS) is 16.4. The van der Waals surface area contributed by atoms with Gasteiger partial charge in [0.25, 0.3) is 0 Å². The molecule has 3 N–H and O–H groups in total. The first kappa shape index (κ1) is 18.0. The Labute approximate surface area is 157 Å². The molecule has 3 heterocycles. The zero-order valence-electron chi connectivity index (χ0n) is 14.6. The lowest BCUT2D eigenvalue weighted by Gasteiger charge is -2.25. The van der Waals surface area contributed by atoms with Crippen LogP contribution in [0.4, 0.5) is 17.6 Å². The zero-order chi connectivity index (χ0) is 20.1. The van der Waals surface area contributed by atoms with Gasteiger partial charge in [0.15, 0.2) is 0 Å². The van der Waals surface area contributed by atoms with Gasteiger partial charge in [-0.15, -0.1) is 0 Å². The average molecular weight is 393 g/mol. The molecule has 146 valence electrons. The summed E-state index contributed by atoms with van der Waals surface area (Å²) in [6, 6.07) is 2.89. The number of aliphatic imine (C=N–C) groups is 1. The van der Waals surface area contributed by atoms with E-state index in [2.05, 4.69) is 15.5 Å². The van der Waals surface area contributed by atoms with Crippen LogP contribution in [-0.4, -0.2) is 26.1 Å². The lowest BCUT2D eigenvalue weighted by molar-refractivity contribution is -0.138. The number of aromatic nitrogens is 2. The van der Waals surface area contributed by atoms with Crippen LogP contribution in [0.3, 0.4) is 0 Å². The summed E-state index contributed by atoms with van der Waals surface area (Å²) < 4.78 is 55.9. The van der Waals surface area contributed by atoms with Crippen LogP contribution in [-0.2, 0) is 19.8 Å². The van der Waals surface area contributed by atoms with Crippen molar-refractivity contribution in [2.75, 3.05) is 0 Å². The SMILES string of the molecule is Cn1cc(C2=C3N=CN(N)C=C3N(Cc3c(F)cccc3C(F)(F)F)N2)cn1. The van der Waals surface area contributed by atoms with E-state index in [-0.39, 0.29) is 6.54 Å². The van der Waals surface area contributed by atoms with E-state index < -0.39 is 23.1 Å². The molecule has 0 bridgehead atoms. The standard InChI is InChI=1S/C17H15F4N7/c1-26-6-10(5-24-26)15-16-14(8-27(22)9-23-16)28(25-15)7-11-12(17(19,20)21)3-2-4-13(11)18/h2-6,8-9,25H,7,22H2,1H3. The Morgan fingerprint density at radius 3 is 2.71 bits per heavy atom. The van der Waals surface area contributed by atoms with E-state index in [1.54, 1.807) is 24.1 Å². The fourth-order valence-corrected chi connectivity index (χ4v) is 3.08. The van der Waals surface area contributed by atoms with Gasteiger partial charge in [-0.3, -0.25) is 20.1 Å². The third-order valence-corrected chi connectivity index (χ3v) is 4.34. The maximum Gasteiger partial charge on any atom is 0.416 e. The van der Waals surface area contributed by atoms with Crippen molar-refractivity contribution in [3.8, 4) is 0 Å². The summed E-state index contributed by atoms with van der Waals surface area (Å²) in [5, 5.41) is 6.64. The van der Waals surface area contributed by atoms with E-state index in [1.165, 1.54) is 22.6 Å². The number of nitrogens with one attached hydrogen (secondary N) is 1. The zero-order valence-corrected chi connectivity index (χ0v) is 14.6. The van der Waals surface area contributed by atoms with Gasteiger partial charge in [-0.1, -0.05) is 6.07 Å². The van der Waals surface area contributed by atoms with Crippen molar-refractivity contribution in [2.45, 2.75) is 12.7 Å². The molecular weight excluding hydrogens is 378 g/mol. The molecule has 0 unspecified atom stereocenters. The van der Waals surface area contributed by atoms with E-state index in [4.69, 9.17) is 5.84 Å². The molecule has 28 heavy (non-hydrogen) atoms. The minimum Gasteiger partial charge on any atom is -0.295 e. The van der Waals surface area contributed by atoms with Gasteiger partial charge in [0, 0.05) is 30.6 Å². The van der Waals surface area contributed by atoms with Crippen LogP contribution in [0.15, 0.2) is 53.2 Å². The topological polar surface area (TPSA) is 74.7 Å². The van der Waals surface area contributed by atoms with Gasteiger partial charge in [0.05, 0.1) is 24.0 Å². The van der Waals surface area contributed by atoms with Crippen molar-refractivity contribution >= 4 is 12.0 Å². The predicted molar refractivity (Wildman–Crippen MR) is 92.8 cm³/mol. The van der Waals surface area contributed by atoms with E-state index in [0.717, 1.165) is 18.2 Å². The van der Waals surface area contributed by atoms with Crippen LogP contribution >= 0.6 is 0 Å². The summed E-state index contributed by atoms with van der Waals surface area (Å²) in [6.45, 7) is -0.385. The molecule has 0 amide bonds. The predicted octanol–water partition coefficient (Wildman–Crippen LogP) is 2.33. The fourth-order valence-electron chi connectivity index (χ4n) is 3.08. The smallest absolute Gasteiger partial charge is 0.295 e. The number of fused-ring (bicyclic) bond motifs is 1. The molecule has 2 aliphatic heterocycles. The number of alkyl halides is 3. The molecule has 0 radical (unpaired) electrons. The fraction of sp³-hybridized carbons (Fsp3) is 0.176. The lowest BCUT2D eigenvalue weighted by Crippen LogP contribution is -2.34. The molecule has 7 nitrogen and oxygen atoms in total. The van der Waals surface area contributed by atoms with Crippen LogP contribution in [0.25, 0.3) is 5.70 Å². The summed E-state index contributed by atoms with van der Waals surface area (Å²) >= 11 is 0. The molecule has 11 heteroatoms. The number of hydrogen-bond donors (Lipinski definition) is 2. The van der Waals surface area contributed by atoms with Crippen LogP contribution in [0.1, 0.15) is 16.7 Å². The highest BCUT2D eigenvalue weighted by Crippen LogP contribution is 2.37. The largest absolute Gasteiger partial charge is 0.416 e. The number of hydrazine groups is 2. The van der Waals surface area contributed by atoms with Crippen molar-refractivity contribution in [3.05, 3.63) is 70.7 Å². The number of rotatable bonds is 3. The summed E-state index contributed by atoms with van der Waals surface area (Å²) in [6.07, 6.45) is 1.49. The first-order valence-electron chi connectivity index (χ1n) is 8.15. The van der Waals surface area contributed by atoms with E-state index in [9.17, 15) is 17.6 Å². The highest BCUT2D eigenvalue weighted by molar-refractivity contribution is 5.77. The second-order valence-corrected chi connectivity index (χ2v) is 6.29. The molecule has 2 aromatic rings. The molecule has 0 spiro atoms. The Morgan fingerprint density at radius 2 is 2.04 bits per heavy atom. The Balaban J connectivity index is 1.74. The molecule has 1 aromatic carbocycles. The Hall–Kier alpha value is -3.34. The third kappa shape index (κ3) is 3.09. The molecule has 0 atom stereocenters. The summed E-state index contributed by atoms with van der Waals surface area (Å²) in [4.78, 5) is 4.26. The Bertz CT molecular complexity index is 1020. The lowest BCUT2D eigenvalue weighted by atomic mass is 10.1. The average Bonchev–Trinajstić information content (AvgIpc) is 3.19. The van der Waals surface area contributed by atoms with Gasteiger partial charge in [-0.25, -0.2) is 15.2 Å². The molecule has 1 aromatic heterocycles. The third-order valence-electron chi connectivity index (χ3n) is 4.34. The van der Waals surface area contributed by atoms with Crippen LogP contribution in [0.5, 0.6) is 0 Å². The number of benzene rings is 1. The molecule has 0 saturated heterocycles. The van der Waals surface area contributed by atoms with Gasteiger partial charge in [0.2, 0.25) is 0 Å². The highest BCUT2D eigenvalue weighted by atomic mass is 19.4. The van der Waals surface area contributed by atoms with Gasteiger partial charge < -0.3 is 0 Å². The molecule has 0 fully saturated rings. The Morgan fingerprint density at radius 1 is 1.25 bits per heavy atom. The maximum absolute atomic E-state index is 14.3. The number of hydrogen-bond acceptors (Lipinski definition) is 6. The van der Waals surface area contributed by atoms with E-state index >= 15 is 0 Å². The first-order valence-corrected chi connectivity index (χ1v) is 8.15. The summed E-state index contributed by atoms with van der Waals surface area (Å²) in [5.74, 6) is 4.78. The van der Waals surface area contributed by atoms with Crippen LogP contribution in [0, 0.1) is 5.82 Å². The summed E-state index contributed by atoms with van der Waals surface area (Å²) in [5.41, 5.74) is 3.59. The van der Waals surface area contributed by atoms with Gasteiger partial charge in [-0.2, -0.15) is 18.3 Å². The number of aryl methyl sites for hydroxylation is 1. The number of nitrogens with two attached hydrogens (primary N) is 1. The quantitative estimate of drug-likeness (QED) is 0.619. The Kier molecular flexibility index (Phi) is 4.11. The van der Waals surface area contributed by atoms with Gasteiger partial charge >= 0.3 is 6.18 Å². The summed E-state index contributed by atoms with van der Waals surface area (Å²) in [7, 11) is 1.74. The maximum atomic E-state index is 14.3. The second-order valence-electron chi connectivity index (χ2n) is 6.29. The second kappa shape index (κ2) is 6.37. The van der Waals surface area contributed by atoms with Gasteiger partial charge in [0.1, 0.15) is 23.5 Å². The molecule has 0 aliphatic carbocycles. The van der Waals surface area contributed by atoms with Crippen LogP contribution < -0.4 is 11.3 Å². The number of halogens is 4. The minimum atomic E-state index is -4.68. The van der Waals surface area contributed by atoms with Crippen molar-refractivity contribution < 1.29 is 17.6 Å². The molecule has 4 rings (SSSR count). The molecule has 2 aliphatic rings. The van der Waals surface area contributed by atoms with Crippen molar-refractivity contribution in [1.82, 2.24) is 25.2 Å². The van der Waals surface area contributed by atoms with Crippen LogP contribution in [0.2, 0.25) is 0 Å². The monoisotopic (exact) mass is 393 g/mol. The van der Waals surface area contributed by atoms with Crippen molar-refractivity contribution in [1.29, 1.82) is 0 Å². The minimum absolute atomic E-state index is 0.385. The van der Waals surface area contributed by atoms with Crippen molar-refractivity contribution in [2.24, 2.45) is 17.9 Å². The highest BCUT2D eigenvalue weighted by Gasteiger charge is 2.37. The van der Waals surface area contributed by atoms with Crippen molar-refractivity contribution in [3.63, 3.8) is 0 Å². The van der Waals surface area contributed by atoms with Gasteiger partial charge in [-0.05, 0) is 12.1 Å². The number of nitrogens with zero attached hydrogens (tertiary/aromatic N) is 5.